The second-order valence-electron chi connectivity index (χ2n) is 8.26. The van der Waals surface area contributed by atoms with Crippen LogP contribution < -0.4 is 10.0 Å². The third kappa shape index (κ3) is 4.10. The number of rotatable bonds is 5. The van der Waals surface area contributed by atoms with Crippen molar-refractivity contribution in [3.8, 4) is 0 Å². The first kappa shape index (κ1) is 21.6. The van der Waals surface area contributed by atoms with Gasteiger partial charge in [-0.1, -0.05) is 35.9 Å². The van der Waals surface area contributed by atoms with Crippen LogP contribution in [0.4, 0.5) is 11.4 Å². The van der Waals surface area contributed by atoms with Crippen LogP contribution in [0.25, 0.3) is 0 Å². The van der Waals surface area contributed by atoms with Crippen molar-refractivity contribution >= 4 is 39.0 Å². The van der Waals surface area contributed by atoms with Gasteiger partial charge < -0.3 is 10.4 Å². The van der Waals surface area contributed by atoms with Gasteiger partial charge in [-0.15, -0.1) is 0 Å². The molecule has 3 aromatic carbocycles. The number of fused-ring (bicyclic) bond motifs is 3. The maximum absolute atomic E-state index is 13.0. The number of aromatic carboxylic acids is 1. The summed E-state index contributed by atoms with van der Waals surface area (Å²) < 4.78 is 28.6. The van der Waals surface area contributed by atoms with E-state index in [0.29, 0.717) is 10.7 Å². The highest BCUT2D eigenvalue weighted by atomic mass is 35.5. The first-order chi connectivity index (χ1) is 15.8. The van der Waals surface area contributed by atoms with Crippen molar-refractivity contribution in [2.24, 2.45) is 5.92 Å². The number of allylic oxidation sites excluding steroid dienone is 2. The fourth-order valence-corrected chi connectivity index (χ4v) is 5.85. The van der Waals surface area contributed by atoms with Gasteiger partial charge >= 0.3 is 5.97 Å². The Morgan fingerprint density at radius 3 is 2.45 bits per heavy atom. The average molecular weight is 481 g/mol. The Morgan fingerprint density at radius 2 is 1.76 bits per heavy atom. The molecular formula is C25H21ClN2O4S. The van der Waals surface area contributed by atoms with Gasteiger partial charge in [0.2, 0.25) is 0 Å². The number of sulfonamides is 1. The zero-order valence-corrected chi connectivity index (χ0v) is 19.0. The molecule has 0 unspecified atom stereocenters. The van der Waals surface area contributed by atoms with Crippen molar-refractivity contribution in [2.75, 3.05) is 10.0 Å². The van der Waals surface area contributed by atoms with Crippen molar-refractivity contribution in [3.05, 3.63) is 101 Å². The second-order valence-corrected chi connectivity index (χ2v) is 10.4. The van der Waals surface area contributed by atoms with Gasteiger partial charge in [0.05, 0.1) is 16.5 Å². The Labute approximate surface area is 197 Å². The highest BCUT2D eigenvalue weighted by molar-refractivity contribution is 7.92. The molecule has 3 N–H and O–H groups in total. The maximum Gasteiger partial charge on any atom is 0.335 e. The molecule has 0 saturated carbocycles. The van der Waals surface area contributed by atoms with Crippen molar-refractivity contribution in [3.63, 3.8) is 0 Å². The zero-order chi connectivity index (χ0) is 23.2. The fraction of sp³-hybridized carbons (Fsp3) is 0.160. The maximum atomic E-state index is 13.0. The summed E-state index contributed by atoms with van der Waals surface area (Å²) in [7, 11) is -3.84. The quantitative estimate of drug-likeness (QED) is 0.409. The van der Waals surface area contributed by atoms with E-state index in [1.807, 2.05) is 30.3 Å². The number of carboxylic acids is 1. The van der Waals surface area contributed by atoms with Gasteiger partial charge in [0.15, 0.2) is 0 Å². The Hall–Kier alpha value is -3.29. The van der Waals surface area contributed by atoms with E-state index < -0.39 is 16.0 Å². The number of carbonyl (C=O) groups is 1. The van der Waals surface area contributed by atoms with Gasteiger partial charge in [0.1, 0.15) is 0 Å². The minimum absolute atomic E-state index is 0.0899. The van der Waals surface area contributed by atoms with E-state index in [1.165, 1.54) is 24.3 Å². The molecule has 3 atom stereocenters. The van der Waals surface area contributed by atoms with Gasteiger partial charge in [-0.3, -0.25) is 4.72 Å². The minimum atomic E-state index is -3.84. The first-order valence-corrected chi connectivity index (χ1v) is 12.4. The third-order valence-electron chi connectivity index (χ3n) is 6.26. The molecule has 168 valence electrons. The highest BCUT2D eigenvalue weighted by Crippen LogP contribution is 2.50. The lowest BCUT2D eigenvalue weighted by molar-refractivity contribution is 0.0697. The van der Waals surface area contributed by atoms with Gasteiger partial charge in [0, 0.05) is 22.3 Å². The number of anilines is 2. The van der Waals surface area contributed by atoms with Gasteiger partial charge in [0.25, 0.3) is 10.0 Å². The molecule has 5 rings (SSSR count). The lowest BCUT2D eigenvalue weighted by Gasteiger charge is -2.37. The van der Waals surface area contributed by atoms with E-state index in [2.05, 4.69) is 22.2 Å². The van der Waals surface area contributed by atoms with Crippen LogP contribution in [0.3, 0.4) is 0 Å². The smallest absolute Gasteiger partial charge is 0.335 e. The van der Waals surface area contributed by atoms with E-state index in [0.717, 1.165) is 23.2 Å². The molecule has 0 aromatic heterocycles. The molecule has 2 aliphatic rings. The molecule has 0 fully saturated rings. The molecule has 3 aromatic rings. The van der Waals surface area contributed by atoms with Crippen LogP contribution in [0, 0.1) is 5.92 Å². The third-order valence-corrected chi connectivity index (χ3v) is 7.89. The summed E-state index contributed by atoms with van der Waals surface area (Å²) >= 11 is 6.06. The number of nitrogens with one attached hydrogen (secondary N) is 2. The molecule has 8 heteroatoms. The van der Waals surface area contributed by atoms with Crippen LogP contribution >= 0.6 is 11.6 Å². The molecule has 1 aliphatic heterocycles. The predicted molar refractivity (Wildman–Crippen MR) is 128 cm³/mol. The minimum Gasteiger partial charge on any atom is -0.478 e. The molecule has 0 radical (unpaired) electrons. The van der Waals surface area contributed by atoms with Crippen LogP contribution in [0.15, 0.2) is 83.8 Å². The topological polar surface area (TPSA) is 95.5 Å². The number of hydrogen-bond donors (Lipinski definition) is 3. The normalized spacial score (nSPS) is 21.1. The van der Waals surface area contributed by atoms with E-state index in [9.17, 15) is 13.2 Å². The number of hydrogen-bond acceptors (Lipinski definition) is 4. The fourth-order valence-electron chi connectivity index (χ4n) is 4.63. The van der Waals surface area contributed by atoms with Crippen LogP contribution in [0.1, 0.15) is 39.9 Å². The van der Waals surface area contributed by atoms with Crippen LogP contribution in [-0.2, 0) is 10.0 Å². The standard InChI is InChI=1S/C25H21ClN2O4S/c26-17-8-4-15(5-9-17)24-21-3-1-2-20(21)22-14-19(12-13-23(22)27-24)33(31,32)28-18-10-6-16(7-11-18)25(29)30/h1-2,4-14,20-21,24,27-28H,3H2,(H,29,30)/t20-,21+,24+/m0/s1. The average Bonchev–Trinajstić information content (AvgIpc) is 3.29. The molecule has 33 heavy (non-hydrogen) atoms. The summed E-state index contributed by atoms with van der Waals surface area (Å²) in [6.07, 6.45) is 5.20. The molecular weight excluding hydrogens is 460 g/mol. The molecule has 0 bridgehead atoms. The molecule has 0 spiro atoms. The van der Waals surface area contributed by atoms with Crippen molar-refractivity contribution in [2.45, 2.75) is 23.3 Å². The largest absolute Gasteiger partial charge is 0.478 e. The summed E-state index contributed by atoms with van der Waals surface area (Å²) in [5.74, 6) is -0.692. The lowest BCUT2D eigenvalue weighted by Crippen LogP contribution is -2.29. The summed E-state index contributed by atoms with van der Waals surface area (Å²) in [4.78, 5) is 11.2. The van der Waals surface area contributed by atoms with Crippen LogP contribution in [0.5, 0.6) is 0 Å². The monoisotopic (exact) mass is 480 g/mol. The van der Waals surface area contributed by atoms with Crippen molar-refractivity contribution in [1.82, 2.24) is 0 Å². The SMILES string of the molecule is O=C(O)c1ccc(NS(=O)(=O)c2ccc3c(c2)[C@H]2C=CC[C@H]2[C@@H](c2ccc(Cl)cc2)N3)cc1. The number of halogens is 1. The highest BCUT2D eigenvalue weighted by Gasteiger charge is 2.38. The zero-order valence-electron chi connectivity index (χ0n) is 17.4. The van der Waals surface area contributed by atoms with Crippen LogP contribution in [0.2, 0.25) is 5.02 Å². The van der Waals surface area contributed by atoms with Gasteiger partial charge in [-0.2, -0.15) is 0 Å². The van der Waals surface area contributed by atoms with E-state index in [-0.39, 0.29) is 28.3 Å². The second kappa shape index (κ2) is 8.24. The molecule has 1 aliphatic carbocycles. The van der Waals surface area contributed by atoms with Crippen molar-refractivity contribution < 1.29 is 18.3 Å². The molecule has 0 saturated heterocycles. The molecule has 1 heterocycles. The summed E-state index contributed by atoms with van der Waals surface area (Å²) in [5.41, 5.74) is 3.40. The molecule has 6 nitrogen and oxygen atoms in total. The van der Waals surface area contributed by atoms with E-state index in [4.69, 9.17) is 16.7 Å². The Kier molecular flexibility index (Phi) is 5.38. The van der Waals surface area contributed by atoms with E-state index >= 15 is 0 Å². The molecule has 0 amide bonds. The summed E-state index contributed by atoms with van der Waals surface area (Å²) in [5, 5.41) is 13.3. The Balaban J connectivity index is 1.45. The van der Waals surface area contributed by atoms with Crippen LogP contribution in [-0.4, -0.2) is 19.5 Å². The number of benzene rings is 3. The first-order valence-electron chi connectivity index (χ1n) is 10.5. The predicted octanol–water partition coefficient (Wildman–Crippen LogP) is 5.67. The number of carboxylic acid groups (broad SMARTS) is 1. The van der Waals surface area contributed by atoms with Gasteiger partial charge in [-0.25, -0.2) is 13.2 Å². The Morgan fingerprint density at radius 1 is 1.03 bits per heavy atom. The van der Waals surface area contributed by atoms with Gasteiger partial charge in [-0.05, 0) is 78.1 Å². The van der Waals surface area contributed by atoms with Crippen molar-refractivity contribution in [1.29, 1.82) is 0 Å². The summed E-state index contributed by atoms with van der Waals surface area (Å²) in [6.45, 7) is 0. The summed E-state index contributed by atoms with van der Waals surface area (Å²) in [6, 6.07) is 18.6. The Bertz CT molecular complexity index is 1350. The lowest BCUT2D eigenvalue weighted by atomic mass is 9.77. The van der Waals surface area contributed by atoms with E-state index in [1.54, 1.807) is 12.1 Å².